The first-order valence-electron chi connectivity index (χ1n) is 16.4. The van der Waals surface area contributed by atoms with E-state index in [2.05, 4.69) is 19.9 Å². The van der Waals surface area contributed by atoms with E-state index in [1.165, 1.54) is 20.0 Å². The number of rotatable bonds is 8. The molecule has 0 spiro atoms. The molecule has 0 saturated heterocycles. The van der Waals surface area contributed by atoms with Crippen LogP contribution in [0, 0.1) is 11.6 Å². The first kappa shape index (κ1) is 33.9. The summed E-state index contributed by atoms with van der Waals surface area (Å²) in [7, 11) is 1.52. The van der Waals surface area contributed by atoms with Crippen LogP contribution in [-0.4, -0.2) is 27.0 Å². The predicted octanol–water partition coefficient (Wildman–Crippen LogP) is 9.78. The molecule has 2 fully saturated rings. The molecule has 3 aromatic heterocycles. The van der Waals surface area contributed by atoms with Crippen LogP contribution in [0.4, 0.5) is 14.6 Å². The standard InChI is InChI=1S/C23H20FN3O.C16H17FN2O.ClH/c24-21-18(20-13-26-23-19(27-20)11-12-25-23)10-9-17(16-7-4-8-16)22(21)28-14-15-5-2-1-3-6-15;1-20-16-13(10-3-2-4-10)7-6-12(15(16)17)11-5-8-14(18)19-9-11;/h1-3,5-6,9-13,16H,4,7-8,14H2,(H,25,26);5-10H,2-4H2,1H3,(H2,18,19);1H. The lowest BCUT2D eigenvalue weighted by molar-refractivity contribution is 0.279. The fourth-order valence-electron chi connectivity index (χ4n) is 6.25. The van der Waals surface area contributed by atoms with Crippen LogP contribution in [0.1, 0.15) is 67.1 Å². The SMILES string of the molecule is COc1c(C2CCC2)ccc(-c2ccc(N)nc2)c1F.Cl.Fc1c(-c2cnc3[nH]ccc3n2)ccc(C2CCC2)c1OCc1ccccc1. The zero-order valence-electron chi connectivity index (χ0n) is 27.2. The summed E-state index contributed by atoms with van der Waals surface area (Å²) in [5.41, 5.74) is 12.0. The second kappa shape index (κ2) is 15.0. The van der Waals surface area contributed by atoms with Crippen LogP contribution in [0.3, 0.4) is 0 Å². The van der Waals surface area contributed by atoms with Gasteiger partial charge in [-0.25, -0.2) is 23.7 Å². The highest BCUT2D eigenvalue weighted by atomic mass is 35.5. The van der Waals surface area contributed by atoms with Gasteiger partial charge in [0.05, 0.1) is 19.0 Å². The van der Waals surface area contributed by atoms with Gasteiger partial charge in [-0.05, 0) is 67.3 Å². The van der Waals surface area contributed by atoms with Gasteiger partial charge in [0.2, 0.25) is 0 Å². The number of aromatic amines is 1. The molecule has 0 bridgehead atoms. The molecule has 7 nitrogen and oxygen atoms in total. The van der Waals surface area contributed by atoms with E-state index in [4.69, 9.17) is 15.2 Å². The maximum Gasteiger partial charge on any atom is 0.174 e. The quantitative estimate of drug-likeness (QED) is 0.166. The van der Waals surface area contributed by atoms with E-state index in [1.54, 1.807) is 42.9 Å². The molecule has 0 amide bonds. The minimum atomic E-state index is -0.357. The highest BCUT2D eigenvalue weighted by molar-refractivity contribution is 5.85. The average Bonchev–Trinajstić information content (AvgIpc) is 3.53. The Morgan fingerprint density at radius 1 is 0.776 bits per heavy atom. The Labute approximate surface area is 290 Å². The van der Waals surface area contributed by atoms with Crippen LogP contribution in [0.2, 0.25) is 0 Å². The van der Waals surface area contributed by atoms with Crippen LogP contribution in [0.25, 0.3) is 33.5 Å². The van der Waals surface area contributed by atoms with Gasteiger partial charge in [-0.3, -0.25) is 0 Å². The molecule has 0 unspecified atom stereocenters. The largest absolute Gasteiger partial charge is 0.493 e. The molecular weight excluding hydrogens is 644 g/mol. The van der Waals surface area contributed by atoms with Gasteiger partial charge in [0, 0.05) is 40.2 Å². The number of halogens is 3. The van der Waals surface area contributed by atoms with E-state index in [-0.39, 0.29) is 24.0 Å². The lowest BCUT2D eigenvalue weighted by Crippen LogP contribution is -2.12. The van der Waals surface area contributed by atoms with Gasteiger partial charge >= 0.3 is 0 Å². The number of hydrogen-bond donors (Lipinski definition) is 2. The van der Waals surface area contributed by atoms with Gasteiger partial charge in [-0.2, -0.15) is 0 Å². The van der Waals surface area contributed by atoms with Crippen molar-refractivity contribution < 1.29 is 18.3 Å². The number of nitrogens with one attached hydrogen (secondary N) is 1. The molecule has 252 valence electrons. The van der Waals surface area contributed by atoms with E-state index < -0.39 is 0 Å². The number of methoxy groups -OCH3 is 1. The van der Waals surface area contributed by atoms with Crippen molar-refractivity contribution in [2.45, 2.75) is 57.0 Å². The summed E-state index contributed by atoms with van der Waals surface area (Å²) in [5, 5.41) is 0. The summed E-state index contributed by atoms with van der Waals surface area (Å²) in [6, 6.07) is 22.7. The lowest BCUT2D eigenvalue weighted by atomic mass is 9.79. The summed E-state index contributed by atoms with van der Waals surface area (Å²) in [4.78, 5) is 15.9. The molecule has 2 saturated carbocycles. The molecular formula is C39H38ClF2N5O2. The van der Waals surface area contributed by atoms with Gasteiger partial charge in [-0.1, -0.05) is 61.4 Å². The van der Waals surface area contributed by atoms with Crippen molar-refractivity contribution >= 4 is 29.4 Å². The van der Waals surface area contributed by atoms with Gasteiger partial charge < -0.3 is 20.2 Å². The van der Waals surface area contributed by atoms with Crippen LogP contribution >= 0.6 is 12.4 Å². The van der Waals surface area contributed by atoms with Crippen molar-refractivity contribution in [3.8, 4) is 33.9 Å². The second-order valence-corrected chi connectivity index (χ2v) is 12.4. The highest BCUT2D eigenvalue weighted by Crippen LogP contribution is 2.45. The molecule has 8 rings (SSSR count). The van der Waals surface area contributed by atoms with E-state index >= 15 is 4.39 Å². The summed E-state index contributed by atoms with van der Waals surface area (Å²) < 4.78 is 41.5. The number of pyridine rings is 1. The van der Waals surface area contributed by atoms with E-state index in [9.17, 15) is 4.39 Å². The van der Waals surface area contributed by atoms with E-state index in [1.807, 2.05) is 48.5 Å². The Hall–Kier alpha value is -5.02. The van der Waals surface area contributed by atoms with Crippen LogP contribution in [-0.2, 0) is 6.61 Å². The smallest absolute Gasteiger partial charge is 0.174 e. The topological polar surface area (TPSA) is 98.9 Å². The molecule has 2 aliphatic rings. The molecule has 3 aromatic carbocycles. The monoisotopic (exact) mass is 681 g/mol. The number of fused-ring (bicyclic) bond motifs is 1. The second-order valence-electron chi connectivity index (χ2n) is 12.4. The van der Waals surface area contributed by atoms with Crippen LogP contribution < -0.4 is 15.2 Å². The number of nitrogen functional groups attached to an aromatic ring is 1. The molecule has 6 aromatic rings. The fourth-order valence-corrected chi connectivity index (χ4v) is 6.25. The summed E-state index contributed by atoms with van der Waals surface area (Å²) >= 11 is 0. The third-order valence-corrected chi connectivity index (χ3v) is 9.41. The first-order valence-corrected chi connectivity index (χ1v) is 16.4. The molecule has 3 N–H and O–H groups in total. The van der Waals surface area contributed by atoms with Gasteiger partial charge in [0.1, 0.15) is 17.9 Å². The lowest BCUT2D eigenvalue weighted by Gasteiger charge is -2.28. The normalized spacial score (nSPS) is 14.2. The van der Waals surface area contributed by atoms with Crippen molar-refractivity contribution in [3.05, 3.63) is 120 Å². The van der Waals surface area contributed by atoms with Crippen molar-refractivity contribution in [2.24, 2.45) is 0 Å². The van der Waals surface area contributed by atoms with E-state index in [0.29, 0.717) is 69.3 Å². The Bertz CT molecular complexity index is 2030. The Kier molecular flexibility index (Phi) is 10.4. The van der Waals surface area contributed by atoms with Crippen molar-refractivity contribution in [3.63, 3.8) is 0 Å². The van der Waals surface area contributed by atoms with Gasteiger partial charge in [-0.15, -0.1) is 12.4 Å². The molecule has 49 heavy (non-hydrogen) atoms. The molecule has 2 aliphatic carbocycles. The summed E-state index contributed by atoms with van der Waals surface area (Å²) in [5.74, 6) is 1.26. The maximum absolute atomic E-state index is 15.6. The third kappa shape index (κ3) is 7.08. The van der Waals surface area contributed by atoms with E-state index in [0.717, 1.165) is 42.4 Å². The van der Waals surface area contributed by atoms with Crippen molar-refractivity contribution in [2.75, 3.05) is 12.8 Å². The van der Waals surface area contributed by atoms with Gasteiger partial charge in [0.25, 0.3) is 0 Å². The van der Waals surface area contributed by atoms with Crippen LogP contribution in [0.5, 0.6) is 11.5 Å². The third-order valence-electron chi connectivity index (χ3n) is 9.41. The number of hydrogen-bond acceptors (Lipinski definition) is 6. The minimum Gasteiger partial charge on any atom is -0.493 e. The Morgan fingerprint density at radius 2 is 1.45 bits per heavy atom. The van der Waals surface area contributed by atoms with Crippen LogP contribution in [0.15, 0.2) is 91.4 Å². The number of nitrogens with two attached hydrogens (primary N) is 1. The maximum atomic E-state index is 15.6. The average molecular weight is 682 g/mol. The zero-order chi connectivity index (χ0) is 33.0. The van der Waals surface area contributed by atoms with Gasteiger partial charge in [0.15, 0.2) is 28.8 Å². The number of aromatic nitrogens is 4. The first-order chi connectivity index (χ1) is 23.5. The zero-order valence-corrected chi connectivity index (χ0v) is 28.0. The number of nitrogens with zero attached hydrogens (tertiary/aromatic N) is 3. The Balaban J connectivity index is 0.000000176. The number of H-pyrrole nitrogens is 1. The van der Waals surface area contributed by atoms with Crippen molar-refractivity contribution in [1.82, 2.24) is 19.9 Å². The highest BCUT2D eigenvalue weighted by Gasteiger charge is 2.28. The Morgan fingerprint density at radius 3 is 2.08 bits per heavy atom. The van der Waals surface area contributed by atoms with Crippen molar-refractivity contribution in [1.29, 1.82) is 0 Å². The number of ether oxygens (including phenoxy) is 2. The molecule has 0 aliphatic heterocycles. The summed E-state index contributed by atoms with van der Waals surface area (Å²) in [6.07, 6.45) is 11.7. The molecule has 3 heterocycles. The minimum absolute atomic E-state index is 0. The fraction of sp³-hybridized carbons (Fsp3) is 0.256. The number of benzene rings is 3. The molecule has 10 heteroatoms. The molecule has 0 radical (unpaired) electrons. The predicted molar refractivity (Wildman–Crippen MR) is 191 cm³/mol. The molecule has 0 atom stereocenters. The number of anilines is 1. The summed E-state index contributed by atoms with van der Waals surface area (Å²) in [6.45, 7) is 0.337.